The standard InChI is InChI=1S/C28H24ClFN6O/c1-17-10-21(30)27-23(11-17)34(2)25(32-27)14-35-8-9-36-22-4-3-5-24(28(22)33-26(36)15-35)37-16-18-6-7-20(29)12-19(18)13-31/h3-7,10-12H,8-9,14-16H2,1-2H3. The van der Waals surface area contributed by atoms with Crippen LogP contribution in [-0.4, -0.2) is 30.5 Å². The van der Waals surface area contributed by atoms with Gasteiger partial charge in [0.05, 0.1) is 35.8 Å². The van der Waals surface area contributed by atoms with Gasteiger partial charge in [0.15, 0.2) is 5.82 Å². The fourth-order valence-electron chi connectivity index (χ4n) is 5.01. The summed E-state index contributed by atoms with van der Waals surface area (Å²) >= 11 is 6.02. The van der Waals surface area contributed by atoms with E-state index in [1.54, 1.807) is 12.1 Å². The Morgan fingerprint density at radius 3 is 2.78 bits per heavy atom. The minimum Gasteiger partial charge on any atom is -0.487 e. The maximum atomic E-state index is 14.5. The number of halogens is 2. The summed E-state index contributed by atoms with van der Waals surface area (Å²) in [5, 5.41) is 9.95. The minimum atomic E-state index is -0.287. The quantitative estimate of drug-likeness (QED) is 0.310. The first kappa shape index (κ1) is 23.5. The molecule has 0 N–H and O–H groups in total. The van der Waals surface area contributed by atoms with Crippen LogP contribution in [0.4, 0.5) is 4.39 Å². The third-order valence-electron chi connectivity index (χ3n) is 6.94. The van der Waals surface area contributed by atoms with E-state index in [9.17, 15) is 9.65 Å². The van der Waals surface area contributed by atoms with Gasteiger partial charge in [0, 0.05) is 30.7 Å². The zero-order valence-corrected chi connectivity index (χ0v) is 21.3. The van der Waals surface area contributed by atoms with Gasteiger partial charge in [-0.2, -0.15) is 5.26 Å². The van der Waals surface area contributed by atoms with Gasteiger partial charge in [-0.3, -0.25) is 4.90 Å². The third kappa shape index (κ3) is 4.20. The Hall–Kier alpha value is -3.93. The first-order valence-corrected chi connectivity index (χ1v) is 12.4. The number of para-hydroxylation sites is 1. The van der Waals surface area contributed by atoms with Crippen LogP contribution in [0.3, 0.4) is 0 Å². The summed E-state index contributed by atoms with van der Waals surface area (Å²) in [4.78, 5) is 11.8. The molecular weight excluding hydrogens is 491 g/mol. The molecule has 3 heterocycles. The molecule has 2 aromatic heterocycles. The molecule has 0 fully saturated rings. The van der Waals surface area contributed by atoms with Gasteiger partial charge >= 0.3 is 0 Å². The van der Waals surface area contributed by atoms with Crippen molar-refractivity contribution in [3.8, 4) is 11.8 Å². The summed E-state index contributed by atoms with van der Waals surface area (Å²) in [5.74, 6) is 2.16. The summed E-state index contributed by atoms with van der Waals surface area (Å²) in [6.07, 6.45) is 0. The average molecular weight is 515 g/mol. The number of nitrogens with zero attached hydrogens (tertiary/aromatic N) is 6. The number of benzene rings is 3. The van der Waals surface area contributed by atoms with Crippen molar-refractivity contribution < 1.29 is 9.13 Å². The van der Waals surface area contributed by atoms with Crippen LogP contribution >= 0.6 is 11.6 Å². The molecule has 0 saturated carbocycles. The van der Waals surface area contributed by atoms with Crippen molar-refractivity contribution in [2.75, 3.05) is 6.54 Å². The molecule has 0 spiro atoms. The Kier molecular flexibility index (Phi) is 5.82. The van der Waals surface area contributed by atoms with E-state index in [2.05, 4.69) is 20.5 Å². The smallest absolute Gasteiger partial charge is 0.151 e. The number of hydrogen-bond acceptors (Lipinski definition) is 5. The molecule has 0 atom stereocenters. The Bertz CT molecular complexity index is 1720. The van der Waals surface area contributed by atoms with Crippen LogP contribution in [0.25, 0.3) is 22.1 Å². The topological polar surface area (TPSA) is 71.9 Å². The normalized spacial score (nSPS) is 13.7. The Morgan fingerprint density at radius 1 is 1.08 bits per heavy atom. The number of aromatic nitrogens is 4. The molecular formula is C28H24ClFN6O. The molecule has 0 amide bonds. The van der Waals surface area contributed by atoms with Crippen LogP contribution in [0.2, 0.25) is 5.02 Å². The highest BCUT2D eigenvalue weighted by atomic mass is 35.5. The maximum Gasteiger partial charge on any atom is 0.151 e. The van der Waals surface area contributed by atoms with E-state index >= 15 is 0 Å². The molecule has 0 unspecified atom stereocenters. The highest BCUT2D eigenvalue weighted by molar-refractivity contribution is 6.30. The van der Waals surface area contributed by atoms with E-state index in [1.165, 1.54) is 6.07 Å². The van der Waals surface area contributed by atoms with Crippen LogP contribution in [0, 0.1) is 24.1 Å². The van der Waals surface area contributed by atoms with Gasteiger partial charge in [0.25, 0.3) is 0 Å². The van der Waals surface area contributed by atoms with Crippen molar-refractivity contribution in [2.45, 2.75) is 33.2 Å². The van der Waals surface area contributed by atoms with Crippen molar-refractivity contribution >= 4 is 33.7 Å². The predicted molar refractivity (Wildman–Crippen MR) is 140 cm³/mol. The third-order valence-corrected chi connectivity index (χ3v) is 7.18. The van der Waals surface area contributed by atoms with Crippen molar-refractivity contribution in [2.24, 2.45) is 7.05 Å². The largest absolute Gasteiger partial charge is 0.487 e. The number of imidazole rings is 2. The van der Waals surface area contributed by atoms with Gasteiger partial charge in [0.1, 0.15) is 35.0 Å². The Morgan fingerprint density at radius 2 is 1.95 bits per heavy atom. The molecule has 0 saturated heterocycles. The van der Waals surface area contributed by atoms with Crippen LogP contribution in [0.1, 0.15) is 28.3 Å². The lowest BCUT2D eigenvalue weighted by molar-refractivity contribution is 0.204. The second-order valence-electron chi connectivity index (χ2n) is 9.42. The number of aryl methyl sites for hydroxylation is 2. The molecule has 186 valence electrons. The molecule has 0 bridgehead atoms. The fourth-order valence-corrected chi connectivity index (χ4v) is 5.18. The van der Waals surface area contributed by atoms with Gasteiger partial charge in [0.2, 0.25) is 0 Å². The minimum absolute atomic E-state index is 0.246. The molecule has 9 heteroatoms. The SMILES string of the molecule is Cc1cc(F)c2nc(CN3CCn4c(nc5c(OCc6ccc(Cl)cc6C#N)cccc54)C3)n(C)c2c1. The molecule has 6 rings (SSSR count). The van der Waals surface area contributed by atoms with Crippen LogP contribution in [0.15, 0.2) is 48.5 Å². The maximum absolute atomic E-state index is 14.5. The van der Waals surface area contributed by atoms with E-state index in [0.717, 1.165) is 52.4 Å². The molecule has 7 nitrogen and oxygen atoms in total. The summed E-state index contributed by atoms with van der Waals surface area (Å²) < 4.78 is 24.8. The first-order valence-electron chi connectivity index (χ1n) is 12.0. The number of hydrogen-bond donors (Lipinski definition) is 0. The van der Waals surface area contributed by atoms with Gasteiger partial charge < -0.3 is 13.9 Å². The zero-order chi connectivity index (χ0) is 25.7. The number of rotatable bonds is 5. The van der Waals surface area contributed by atoms with E-state index in [4.69, 9.17) is 21.3 Å². The van der Waals surface area contributed by atoms with Crippen molar-refractivity contribution in [1.29, 1.82) is 5.26 Å². The molecule has 37 heavy (non-hydrogen) atoms. The number of fused-ring (bicyclic) bond motifs is 4. The van der Waals surface area contributed by atoms with Crippen LogP contribution < -0.4 is 4.74 Å². The molecule has 0 radical (unpaired) electrons. The van der Waals surface area contributed by atoms with E-state index in [1.807, 2.05) is 48.9 Å². The molecule has 3 aromatic carbocycles. The summed E-state index contributed by atoms with van der Waals surface area (Å²) in [6.45, 7) is 4.99. The molecule has 1 aliphatic heterocycles. The highest BCUT2D eigenvalue weighted by Gasteiger charge is 2.23. The van der Waals surface area contributed by atoms with Crippen molar-refractivity contribution in [1.82, 2.24) is 24.0 Å². The van der Waals surface area contributed by atoms with Crippen LogP contribution in [0.5, 0.6) is 5.75 Å². The average Bonchev–Trinajstić information content (AvgIpc) is 3.41. The fraction of sp³-hybridized carbons (Fsp3) is 0.250. The van der Waals surface area contributed by atoms with E-state index in [-0.39, 0.29) is 12.4 Å². The summed E-state index contributed by atoms with van der Waals surface area (Å²) in [6, 6.07) is 16.8. The van der Waals surface area contributed by atoms with Gasteiger partial charge in [-0.1, -0.05) is 23.7 Å². The Labute approximate surface area is 218 Å². The lowest BCUT2D eigenvalue weighted by atomic mass is 10.1. The zero-order valence-electron chi connectivity index (χ0n) is 20.5. The molecule has 1 aliphatic rings. The Balaban J connectivity index is 1.24. The molecule has 0 aliphatic carbocycles. The first-order chi connectivity index (χ1) is 17.9. The van der Waals surface area contributed by atoms with Gasteiger partial charge in [-0.05, 0) is 48.9 Å². The lowest BCUT2D eigenvalue weighted by Crippen LogP contribution is -2.34. The van der Waals surface area contributed by atoms with E-state index in [0.29, 0.717) is 34.9 Å². The lowest BCUT2D eigenvalue weighted by Gasteiger charge is -2.27. The van der Waals surface area contributed by atoms with Crippen molar-refractivity contribution in [3.05, 3.63) is 87.7 Å². The highest BCUT2D eigenvalue weighted by Crippen LogP contribution is 2.30. The summed E-state index contributed by atoms with van der Waals surface area (Å²) in [5.41, 5.74) is 5.18. The number of ether oxygens (including phenoxy) is 1. The van der Waals surface area contributed by atoms with Gasteiger partial charge in [-0.15, -0.1) is 0 Å². The van der Waals surface area contributed by atoms with Gasteiger partial charge in [-0.25, -0.2) is 14.4 Å². The summed E-state index contributed by atoms with van der Waals surface area (Å²) in [7, 11) is 1.94. The van der Waals surface area contributed by atoms with Crippen LogP contribution in [-0.2, 0) is 33.3 Å². The molecule has 5 aromatic rings. The second-order valence-corrected chi connectivity index (χ2v) is 9.85. The number of nitriles is 1. The second kappa shape index (κ2) is 9.18. The van der Waals surface area contributed by atoms with E-state index < -0.39 is 0 Å². The predicted octanol–water partition coefficient (Wildman–Crippen LogP) is 5.49. The monoisotopic (exact) mass is 514 g/mol. The van der Waals surface area contributed by atoms with Crippen molar-refractivity contribution in [3.63, 3.8) is 0 Å².